The molecule has 0 aromatic heterocycles. The molecule has 0 aliphatic carbocycles. The number of aliphatic hydroxyl groups is 1. The minimum atomic E-state index is 0.230. The van der Waals surface area contributed by atoms with Crippen molar-refractivity contribution in [2.45, 2.75) is 45.4 Å². The summed E-state index contributed by atoms with van der Waals surface area (Å²) in [6.07, 6.45) is 7.62. The largest absolute Gasteiger partial charge is 0.396 e. The van der Waals surface area contributed by atoms with E-state index in [0.29, 0.717) is 6.61 Å². The highest BCUT2D eigenvalue weighted by molar-refractivity contribution is 4.86. The Morgan fingerprint density at radius 3 is 2.69 bits per heavy atom. The van der Waals surface area contributed by atoms with Crippen molar-refractivity contribution in [1.82, 2.24) is 5.32 Å². The van der Waals surface area contributed by atoms with E-state index >= 15 is 0 Å². The van der Waals surface area contributed by atoms with Crippen LogP contribution in [0.15, 0.2) is 0 Å². The van der Waals surface area contributed by atoms with E-state index in [-0.39, 0.29) is 5.41 Å². The van der Waals surface area contributed by atoms with E-state index in [9.17, 15) is 5.11 Å². The summed E-state index contributed by atoms with van der Waals surface area (Å²) < 4.78 is 0. The van der Waals surface area contributed by atoms with Crippen LogP contribution in [0.2, 0.25) is 0 Å². The number of aliphatic hydroxyl groups excluding tert-OH is 1. The molecule has 0 aromatic carbocycles. The van der Waals surface area contributed by atoms with Crippen LogP contribution in [0.3, 0.4) is 0 Å². The van der Waals surface area contributed by atoms with Gasteiger partial charge >= 0.3 is 0 Å². The molecule has 0 aromatic rings. The van der Waals surface area contributed by atoms with Crippen molar-refractivity contribution in [1.29, 1.82) is 0 Å². The van der Waals surface area contributed by atoms with Gasteiger partial charge in [0, 0.05) is 18.6 Å². The standard InChI is InChI=1S/C11H23NO/c1-2-3-4-5-6-11(10-13)7-8-12-9-11/h12-13H,2-10H2,1H3. The van der Waals surface area contributed by atoms with Gasteiger partial charge in [-0.25, -0.2) is 0 Å². The van der Waals surface area contributed by atoms with Gasteiger partial charge in [0.2, 0.25) is 0 Å². The van der Waals surface area contributed by atoms with Gasteiger partial charge in [0.05, 0.1) is 0 Å². The van der Waals surface area contributed by atoms with Gasteiger partial charge in [-0.3, -0.25) is 0 Å². The lowest BCUT2D eigenvalue weighted by atomic mass is 9.82. The van der Waals surface area contributed by atoms with Crippen LogP contribution in [0.25, 0.3) is 0 Å². The second-order valence-corrected chi connectivity index (χ2v) is 4.40. The van der Waals surface area contributed by atoms with Gasteiger partial charge in [0.15, 0.2) is 0 Å². The molecule has 2 N–H and O–H groups in total. The van der Waals surface area contributed by atoms with Crippen LogP contribution in [0.1, 0.15) is 45.4 Å². The summed E-state index contributed by atoms with van der Waals surface area (Å²) in [5, 5.41) is 12.7. The SMILES string of the molecule is CCCCCCC1(CO)CCNC1. The van der Waals surface area contributed by atoms with E-state index in [4.69, 9.17) is 0 Å². The first-order chi connectivity index (χ1) is 6.33. The van der Waals surface area contributed by atoms with Crippen molar-refractivity contribution in [2.75, 3.05) is 19.7 Å². The first-order valence-corrected chi connectivity index (χ1v) is 5.64. The van der Waals surface area contributed by atoms with Crippen molar-refractivity contribution in [3.8, 4) is 0 Å². The summed E-state index contributed by atoms with van der Waals surface area (Å²) in [7, 11) is 0. The van der Waals surface area contributed by atoms with Crippen molar-refractivity contribution >= 4 is 0 Å². The van der Waals surface area contributed by atoms with Crippen molar-refractivity contribution in [2.24, 2.45) is 5.41 Å². The summed E-state index contributed by atoms with van der Waals surface area (Å²) in [6.45, 7) is 4.72. The van der Waals surface area contributed by atoms with Crippen molar-refractivity contribution in [3.63, 3.8) is 0 Å². The minimum absolute atomic E-state index is 0.230. The zero-order chi connectivity index (χ0) is 9.57. The second-order valence-electron chi connectivity index (χ2n) is 4.40. The molecule has 2 heteroatoms. The smallest absolute Gasteiger partial charge is 0.0500 e. The molecule has 1 atom stereocenters. The topological polar surface area (TPSA) is 32.3 Å². The summed E-state index contributed by atoms with van der Waals surface area (Å²) in [5.41, 5.74) is 0.230. The highest BCUT2D eigenvalue weighted by atomic mass is 16.3. The molecule has 0 radical (unpaired) electrons. The molecule has 1 saturated heterocycles. The molecule has 1 aliphatic heterocycles. The summed E-state index contributed by atoms with van der Waals surface area (Å²) >= 11 is 0. The molecule has 1 fully saturated rings. The van der Waals surface area contributed by atoms with Crippen LogP contribution < -0.4 is 5.32 Å². The van der Waals surface area contributed by atoms with Crippen LogP contribution >= 0.6 is 0 Å². The quantitative estimate of drug-likeness (QED) is 0.620. The molecule has 78 valence electrons. The third kappa shape index (κ3) is 3.28. The Balaban J connectivity index is 2.16. The zero-order valence-electron chi connectivity index (χ0n) is 8.81. The predicted octanol–water partition coefficient (Wildman–Crippen LogP) is 1.93. The normalized spacial score (nSPS) is 28.2. The van der Waals surface area contributed by atoms with Crippen molar-refractivity contribution in [3.05, 3.63) is 0 Å². The zero-order valence-corrected chi connectivity index (χ0v) is 8.81. The predicted molar refractivity (Wildman–Crippen MR) is 55.8 cm³/mol. The van der Waals surface area contributed by atoms with Gasteiger partial charge in [0.1, 0.15) is 0 Å². The second kappa shape index (κ2) is 5.61. The lowest BCUT2D eigenvalue weighted by Gasteiger charge is -2.25. The van der Waals surface area contributed by atoms with Gasteiger partial charge in [-0.1, -0.05) is 32.6 Å². The molecule has 0 spiro atoms. The molecule has 0 amide bonds. The average Bonchev–Trinajstić information content (AvgIpc) is 2.62. The Labute approximate surface area is 81.7 Å². The molecule has 2 nitrogen and oxygen atoms in total. The van der Waals surface area contributed by atoms with E-state index in [1.165, 1.54) is 32.1 Å². The number of rotatable bonds is 6. The van der Waals surface area contributed by atoms with Crippen LogP contribution in [-0.4, -0.2) is 24.8 Å². The molecule has 1 heterocycles. The average molecular weight is 185 g/mol. The van der Waals surface area contributed by atoms with Crippen LogP contribution in [0.5, 0.6) is 0 Å². The maximum Gasteiger partial charge on any atom is 0.0500 e. The third-order valence-corrected chi connectivity index (χ3v) is 3.23. The number of hydrogen-bond acceptors (Lipinski definition) is 2. The fourth-order valence-electron chi connectivity index (χ4n) is 2.15. The van der Waals surface area contributed by atoms with Gasteiger partial charge < -0.3 is 10.4 Å². The van der Waals surface area contributed by atoms with E-state index in [0.717, 1.165) is 19.5 Å². The number of nitrogens with one attached hydrogen (secondary N) is 1. The summed E-state index contributed by atoms with van der Waals surface area (Å²) in [6, 6.07) is 0. The molecule has 13 heavy (non-hydrogen) atoms. The minimum Gasteiger partial charge on any atom is -0.396 e. The molecular weight excluding hydrogens is 162 g/mol. The third-order valence-electron chi connectivity index (χ3n) is 3.23. The van der Waals surface area contributed by atoms with E-state index in [1.807, 2.05) is 0 Å². The molecule has 0 bridgehead atoms. The molecule has 1 rings (SSSR count). The monoisotopic (exact) mass is 185 g/mol. The van der Waals surface area contributed by atoms with Crippen molar-refractivity contribution < 1.29 is 5.11 Å². The Kier molecular flexibility index (Phi) is 4.74. The molecule has 1 unspecified atom stereocenters. The Bertz CT molecular complexity index is 130. The lowest BCUT2D eigenvalue weighted by molar-refractivity contribution is 0.130. The van der Waals surface area contributed by atoms with Gasteiger partial charge in [-0.05, 0) is 19.4 Å². The maximum absolute atomic E-state index is 9.33. The fourth-order valence-corrected chi connectivity index (χ4v) is 2.15. The first-order valence-electron chi connectivity index (χ1n) is 5.64. The Hall–Kier alpha value is -0.0800. The molecule has 1 aliphatic rings. The van der Waals surface area contributed by atoms with Gasteiger partial charge in [0.25, 0.3) is 0 Å². The van der Waals surface area contributed by atoms with Gasteiger partial charge in [-0.2, -0.15) is 0 Å². The van der Waals surface area contributed by atoms with E-state index < -0.39 is 0 Å². The van der Waals surface area contributed by atoms with E-state index in [1.54, 1.807) is 0 Å². The molecule has 0 saturated carbocycles. The lowest BCUT2D eigenvalue weighted by Crippen LogP contribution is -2.28. The summed E-state index contributed by atoms with van der Waals surface area (Å²) in [5.74, 6) is 0. The highest BCUT2D eigenvalue weighted by Crippen LogP contribution is 2.31. The van der Waals surface area contributed by atoms with E-state index in [2.05, 4.69) is 12.2 Å². The Morgan fingerprint density at radius 1 is 1.31 bits per heavy atom. The van der Waals surface area contributed by atoms with Crippen LogP contribution in [-0.2, 0) is 0 Å². The summed E-state index contributed by atoms with van der Waals surface area (Å²) in [4.78, 5) is 0. The molecular formula is C11H23NO. The Morgan fingerprint density at radius 2 is 2.15 bits per heavy atom. The van der Waals surface area contributed by atoms with Crippen LogP contribution in [0.4, 0.5) is 0 Å². The highest BCUT2D eigenvalue weighted by Gasteiger charge is 2.32. The maximum atomic E-state index is 9.33. The van der Waals surface area contributed by atoms with Crippen LogP contribution in [0, 0.1) is 5.41 Å². The van der Waals surface area contributed by atoms with Gasteiger partial charge in [-0.15, -0.1) is 0 Å². The fraction of sp³-hybridized carbons (Fsp3) is 1.00. The number of unbranched alkanes of at least 4 members (excludes halogenated alkanes) is 3. The first kappa shape index (κ1) is 11.0. The number of hydrogen-bond donors (Lipinski definition) is 2.